The van der Waals surface area contributed by atoms with Crippen LogP contribution in [0.3, 0.4) is 0 Å². The number of nitrogens with zero attached hydrogens (tertiary/aromatic N) is 2. The lowest BCUT2D eigenvalue weighted by molar-refractivity contribution is -0.137. The standard InChI is InChI=1S/C21H19N3O5/c1-2-28-15-10-8-14(9-11-15)24-19(25)16-17(20(24)26)22-23-18(16)21(27)29-12-13-6-4-3-5-7-13/h3-11,16-17,22H,2,12H2,1H3. The van der Waals surface area contributed by atoms with Gasteiger partial charge >= 0.3 is 5.97 Å². The first-order valence-corrected chi connectivity index (χ1v) is 9.25. The van der Waals surface area contributed by atoms with Crippen molar-refractivity contribution in [3.8, 4) is 5.75 Å². The largest absolute Gasteiger partial charge is 0.494 e. The van der Waals surface area contributed by atoms with Crippen LogP contribution < -0.4 is 15.1 Å². The van der Waals surface area contributed by atoms with Crippen LogP contribution in [0.4, 0.5) is 5.69 Å². The minimum atomic E-state index is -1.00. The number of hydrogen-bond donors (Lipinski definition) is 1. The Kier molecular flexibility index (Phi) is 4.99. The molecule has 2 aliphatic rings. The number of esters is 1. The van der Waals surface area contributed by atoms with Crippen molar-refractivity contribution in [2.75, 3.05) is 11.5 Å². The number of imide groups is 1. The number of anilines is 1. The zero-order valence-corrected chi connectivity index (χ0v) is 15.7. The molecular weight excluding hydrogens is 374 g/mol. The molecule has 8 heteroatoms. The van der Waals surface area contributed by atoms with Gasteiger partial charge in [0.1, 0.15) is 24.3 Å². The quantitative estimate of drug-likeness (QED) is 0.592. The Morgan fingerprint density at radius 3 is 2.48 bits per heavy atom. The molecule has 0 aromatic heterocycles. The molecule has 0 saturated carbocycles. The van der Waals surface area contributed by atoms with E-state index < -0.39 is 29.7 Å². The highest BCUT2D eigenvalue weighted by Crippen LogP contribution is 2.31. The van der Waals surface area contributed by atoms with Crippen molar-refractivity contribution in [2.45, 2.75) is 19.6 Å². The van der Waals surface area contributed by atoms with Gasteiger partial charge in [-0.05, 0) is 36.8 Å². The first-order valence-electron chi connectivity index (χ1n) is 9.25. The molecule has 0 aliphatic carbocycles. The first kappa shape index (κ1) is 18.7. The number of rotatable bonds is 6. The summed E-state index contributed by atoms with van der Waals surface area (Å²) in [4.78, 5) is 39.2. The van der Waals surface area contributed by atoms with Gasteiger partial charge in [-0.3, -0.25) is 15.0 Å². The van der Waals surface area contributed by atoms with E-state index >= 15 is 0 Å². The Morgan fingerprint density at radius 2 is 1.79 bits per heavy atom. The summed E-state index contributed by atoms with van der Waals surface area (Å²) in [6.07, 6.45) is 0. The molecule has 2 amide bonds. The highest BCUT2D eigenvalue weighted by atomic mass is 16.5. The predicted octanol–water partition coefficient (Wildman–Crippen LogP) is 1.65. The van der Waals surface area contributed by atoms with Gasteiger partial charge in [-0.25, -0.2) is 9.69 Å². The summed E-state index contributed by atoms with van der Waals surface area (Å²) in [5, 5.41) is 3.90. The van der Waals surface area contributed by atoms with Crippen molar-refractivity contribution >= 4 is 29.2 Å². The molecule has 1 fully saturated rings. The lowest BCUT2D eigenvalue weighted by atomic mass is 9.99. The number of carbonyl (C=O) groups excluding carboxylic acids is 3. The van der Waals surface area contributed by atoms with Crippen molar-refractivity contribution in [1.29, 1.82) is 0 Å². The molecule has 2 heterocycles. The summed E-state index contributed by atoms with van der Waals surface area (Å²) in [6, 6.07) is 14.9. The van der Waals surface area contributed by atoms with Gasteiger partial charge in [0.2, 0.25) is 5.91 Å². The fourth-order valence-corrected chi connectivity index (χ4v) is 3.37. The van der Waals surface area contributed by atoms with Crippen molar-refractivity contribution in [1.82, 2.24) is 5.43 Å². The third-order valence-electron chi connectivity index (χ3n) is 4.75. The average molecular weight is 393 g/mol. The Bertz CT molecular complexity index is 972. The Labute approximate surface area is 167 Å². The van der Waals surface area contributed by atoms with E-state index in [1.54, 1.807) is 24.3 Å². The molecule has 0 spiro atoms. The predicted molar refractivity (Wildman–Crippen MR) is 104 cm³/mol. The molecule has 2 unspecified atom stereocenters. The van der Waals surface area contributed by atoms with Gasteiger partial charge in [-0.1, -0.05) is 30.3 Å². The van der Waals surface area contributed by atoms with Crippen LogP contribution in [-0.4, -0.2) is 36.1 Å². The number of hydrazone groups is 1. The van der Waals surface area contributed by atoms with E-state index in [-0.39, 0.29) is 12.3 Å². The van der Waals surface area contributed by atoms with Gasteiger partial charge in [-0.2, -0.15) is 5.10 Å². The van der Waals surface area contributed by atoms with Crippen molar-refractivity contribution in [3.05, 3.63) is 60.2 Å². The van der Waals surface area contributed by atoms with E-state index in [4.69, 9.17) is 9.47 Å². The molecule has 0 radical (unpaired) electrons. The van der Waals surface area contributed by atoms with Crippen LogP contribution in [-0.2, 0) is 25.7 Å². The molecule has 2 aromatic carbocycles. The minimum Gasteiger partial charge on any atom is -0.494 e. The van der Waals surface area contributed by atoms with Crippen molar-refractivity contribution in [2.24, 2.45) is 11.0 Å². The van der Waals surface area contributed by atoms with Crippen LogP contribution in [0.5, 0.6) is 5.75 Å². The normalized spacial score (nSPS) is 20.2. The van der Waals surface area contributed by atoms with Crippen LogP contribution in [0.15, 0.2) is 59.7 Å². The molecule has 29 heavy (non-hydrogen) atoms. The zero-order chi connectivity index (χ0) is 20.4. The van der Waals surface area contributed by atoms with Gasteiger partial charge in [-0.15, -0.1) is 0 Å². The molecule has 2 aromatic rings. The number of ether oxygens (including phenoxy) is 2. The van der Waals surface area contributed by atoms with Crippen LogP contribution >= 0.6 is 0 Å². The highest BCUT2D eigenvalue weighted by Gasteiger charge is 2.55. The minimum absolute atomic E-state index is 0.0564. The van der Waals surface area contributed by atoms with Gasteiger partial charge in [0, 0.05) is 0 Å². The Balaban J connectivity index is 1.48. The van der Waals surface area contributed by atoms with Crippen LogP contribution in [0, 0.1) is 5.92 Å². The van der Waals surface area contributed by atoms with E-state index in [0.29, 0.717) is 18.0 Å². The molecule has 4 rings (SSSR count). The summed E-state index contributed by atoms with van der Waals surface area (Å²) < 4.78 is 10.7. The highest BCUT2D eigenvalue weighted by molar-refractivity contribution is 6.46. The third-order valence-corrected chi connectivity index (χ3v) is 4.75. The summed E-state index contributed by atoms with van der Waals surface area (Å²) in [5.41, 5.74) is 3.75. The third kappa shape index (κ3) is 3.44. The molecule has 2 atom stereocenters. The second-order valence-electron chi connectivity index (χ2n) is 6.58. The SMILES string of the molecule is CCOc1ccc(N2C(=O)C3NN=C(C(=O)OCc4ccccc4)C3C2=O)cc1. The van der Waals surface area contributed by atoms with Crippen molar-refractivity contribution < 1.29 is 23.9 Å². The lowest BCUT2D eigenvalue weighted by Gasteiger charge is -2.16. The van der Waals surface area contributed by atoms with E-state index in [0.717, 1.165) is 10.5 Å². The fraction of sp³-hybridized carbons (Fsp3) is 0.238. The van der Waals surface area contributed by atoms with Crippen LogP contribution in [0.25, 0.3) is 0 Å². The first-order chi connectivity index (χ1) is 14.1. The van der Waals surface area contributed by atoms with E-state index in [1.165, 1.54) is 0 Å². The smallest absolute Gasteiger partial charge is 0.355 e. The Hall–Kier alpha value is -3.68. The monoisotopic (exact) mass is 393 g/mol. The summed E-state index contributed by atoms with van der Waals surface area (Å²) >= 11 is 0. The van der Waals surface area contributed by atoms with E-state index in [1.807, 2.05) is 37.3 Å². The Morgan fingerprint density at radius 1 is 1.07 bits per heavy atom. The summed E-state index contributed by atoms with van der Waals surface area (Å²) in [6.45, 7) is 2.44. The average Bonchev–Trinajstić information content (AvgIpc) is 3.28. The summed E-state index contributed by atoms with van der Waals surface area (Å²) in [5.74, 6) is -2.05. The van der Waals surface area contributed by atoms with Gasteiger partial charge in [0.05, 0.1) is 12.3 Å². The summed E-state index contributed by atoms with van der Waals surface area (Å²) in [7, 11) is 0. The van der Waals surface area contributed by atoms with Crippen LogP contribution in [0.1, 0.15) is 12.5 Å². The van der Waals surface area contributed by atoms with Gasteiger partial charge in [0.25, 0.3) is 5.91 Å². The number of nitrogens with one attached hydrogen (secondary N) is 1. The second kappa shape index (κ2) is 7.75. The molecule has 1 saturated heterocycles. The second-order valence-corrected chi connectivity index (χ2v) is 6.58. The number of carbonyl (C=O) groups is 3. The molecule has 8 nitrogen and oxygen atoms in total. The zero-order valence-electron chi connectivity index (χ0n) is 15.7. The van der Waals surface area contributed by atoms with Gasteiger partial charge < -0.3 is 9.47 Å². The fourth-order valence-electron chi connectivity index (χ4n) is 3.37. The molecule has 2 aliphatic heterocycles. The number of amides is 2. The molecule has 148 valence electrons. The molecule has 0 bridgehead atoms. The maximum absolute atomic E-state index is 12.9. The van der Waals surface area contributed by atoms with E-state index in [9.17, 15) is 14.4 Å². The topological polar surface area (TPSA) is 97.3 Å². The molecular formula is C21H19N3O5. The van der Waals surface area contributed by atoms with Crippen LogP contribution in [0.2, 0.25) is 0 Å². The van der Waals surface area contributed by atoms with Crippen molar-refractivity contribution in [3.63, 3.8) is 0 Å². The van der Waals surface area contributed by atoms with Gasteiger partial charge in [0.15, 0.2) is 5.71 Å². The maximum Gasteiger partial charge on any atom is 0.355 e. The maximum atomic E-state index is 12.9. The number of fused-ring (bicyclic) bond motifs is 1. The lowest BCUT2D eigenvalue weighted by Crippen LogP contribution is -2.36. The number of hydrogen-bond acceptors (Lipinski definition) is 7. The van der Waals surface area contributed by atoms with E-state index in [2.05, 4.69) is 10.5 Å². The number of benzene rings is 2. The molecule has 1 N–H and O–H groups in total.